The van der Waals surface area contributed by atoms with E-state index in [-0.39, 0.29) is 24.0 Å². The number of furan rings is 1. The van der Waals surface area contributed by atoms with Crippen LogP contribution in [0.3, 0.4) is 0 Å². The zero-order valence-corrected chi connectivity index (χ0v) is 18.7. The van der Waals surface area contributed by atoms with E-state index in [1.807, 2.05) is 30.8 Å². The number of aryl methyl sites for hydroxylation is 2. The lowest BCUT2D eigenvalue weighted by Crippen LogP contribution is -2.41. The third-order valence-electron chi connectivity index (χ3n) is 4.88. The molecule has 3 heterocycles. The van der Waals surface area contributed by atoms with Gasteiger partial charge in [-0.15, -0.1) is 24.0 Å². The molecular weight excluding hydrogens is 457 g/mol. The van der Waals surface area contributed by atoms with E-state index in [1.54, 1.807) is 6.26 Å². The smallest absolute Gasteiger partial charge is 0.191 e. The number of hydrogen-bond acceptors (Lipinski definition) is 4. The molecule has 27 heavy (non-hydrogen) atoms. The van der Waals surface area contributed by atoms with Gasteiger partial charge in [0.2, 0.25) is 0 Å². The van der Waals surface area contributed by atoms with E-state index in [1.165, 1.54) is 5.56 Å². The van der Waals surface area contributed by atoms with Crippen LogP contribution in [0.2, 0.25) is 0 Å². The number of aliphatic imine (C=N–C) groups is 1. The van der Waals surface area contributed by atoms with Crippen molar-refractivity contribution in [2.45, 2.75) is 33.2 Å². The second kappa shape index (κ2) is 10.7. The molecule has 150 valence electrons. The van der Waals surface area contributed by atoms with E-state index < -0.39 is 0 Å². The van der Waals surface area contributed by atoms with Gasteiger partial charge in [0.15, 0.2) is 5.96 Å². The van der Waals surface area contributed by atoms with Gasteiger partial charge < -0.3 is 19.8 Å². The molecule has 1 fully saturated rings. The molecule has 2 N–H and O–H groups in total. The predicted molar refractivity (Wildman–Crippen MR) is 117 cm³/mol. The van der Waals surface area contributed by atoms with Crippen molar-refractivity contribution in [2.75, 3.05) is 26.3 Å². The molecule has 7 nitrogen and oxygen atoms in total. The summed E-state index contributed by atoms with van der Waals surface area (Å²) in [6.07, 6.45) is 3.63. The summed E-state index contributed by atoms with van der Waals surface area (Å²) in [6, 6.07) is 3.90. The van der Waals surface area contributed by atoms with Crippen molar-refractivity contribution >= 4 is 29.9 Å². The summed E-state index contributed by atoms with van der Waals surface area (Å²) in [6.45, 7) is 8.06. The highest BCUT2D eigenvalue weighted by atomic mass is 127. The fourth-order valence-corrected chi connectivity index (χ4v) is 3.12. The summed E-state index contributed by atoms with van der Waals surface area (Å²) < 4.78 is 12.8. The normalized spacial score (nSPS) is 17.0. The minimum atomic E-state index is 0. The molecule has 1 saturated heterocycles. The number of halogens is 1. The fourth-order valence-electron chi connectivity index (χ4n) is 3.12. The zero-order valence-electron chi connectivity index (χ0n) is 16.3. The van der Waals surface area contributed by atoms with Gasteiger partial charge in [0.05, 0.1) is 25.1 Å². The Hall–Kier alpha value is -1.55. The topological polar surface area (TPSA) is 76.6 Å². The Kier molecular flexibility index (Phi) is 8.62. The van der Waals surface area contributed by atoms with Gasteiger partial charge in [-0.1, -0.05) is 0 Å². The summed E-state index contributed by atoms with van der Waals surface area (Å²) in [5, 5.41) is 11.3. The van der Waals surface area contributed by atoms with E-state index in [0.717, 1.165) is 62.3 Å². The lowest BCUT2D eigenvalue weighted by Gasteiger charge is -2.15. The van der Waals surface area contributed by atoms with Crippen molar-refractivity contribution in [1.29, 1.82) is 0 Å². The van der Waals surface area contributed by atoms with Gasteiger partial charge in [0.1, 0.15) is 5.76 Å². The van der Waals surface area contributed by atoms with Crippen LogP contribution in [-0.2, 0) is 24.8 Å². The van der Waals surface area contributed by atoms with Crippen LogP contribution in [-0.4, -0.2) is 42.0 Å². The molecule has 0 aliphatic carbocycles. The quantitative estimate of drug-likeness (QED) is 0.357. The molecule has 2 aromatic heterocycles. The standard InChI is InChI=1S/C19H29N5O2.HI/c1-14-18(15(2)24(3)23-14)12-22-19(21-11-16-7-10-25-13-16)20-8-6-17-5-4-9-26-17;/h4-5,9,16H,6-8,10-13H2,1-3H3,(H2,20,21,22);1H. The average Bonchev–Trinajstić information content (AvgIpc) is 3.36. The Morgan fingerprint density at radius 3 is 2.85 bits per heavy atom. The van der Waals surface area contributed by atoms with Crippen molar-refractivity contribution in [2.24, 2.45) is 18.0 Å². The van der Waals surface area contributed by atoms with Gasteiger partial charge in [-0.05, 0) is 32.4 Å². The summed E-state index contributed by atoms with van der Waals surface area (Å²) in [5.41, 5.74) is 3.38. The second-order valence-electron chi connectivity index (χ2n) is 6.80. The maximum absolute atomic E-state index is 5.46. The fraction of sp³-hybridized carbons (Fsp3) is 0.579. The number of ether oxygens (including phenoxy) is 1. The Morgan fingerprint density at radius 1 is 1.37 bits per heavy atom. The molecule has 0 radical (unpaired) electrons. The van der Waals surface area contributed by atoms with Gasteiger partial charge in [-0.25, -0.2) is 4.99 Å². The van der Waals surface area contributed by atoms with E-state index in [4.69, 9.17) is 14.1 Å². The third-order valence-corrected chi connectivity index (χ3v) is 4.88. The number of guanidine groups is 1. The van der Waals surface area contributed by atoms with Gasteiger partial charge >= 0.3 is 0 Å². The zero-order chi connectivity index (χ0) is 18.4. The molecule has 0 aromatic carbocycles. The van der Waals surface area contributed by atoms with Gasteiger partial charge in [0, 0.05) is 50.3 Å². The number of aromatic nitrogens is 2. The Labute approximate surface area is 178 Å². The summed E-state index contributed by atoms with van der Waals surface area (Å²) in [4.78, 5) is 4.78. The molecule has 1 atom stereocenters. The van der Waals surface area contributed by atoms with E-state index in [0.29, 0.717) is 12.5 Å². The highest BCUT2D eigenvalue weighted by molar-refractivity contribution is 14.0. The molecule has 0 amide bonds. The van der Waals surface area contributed by atoms with Crippen LogP contribution in [0.1, 0.15) is 29.1 Å². The first-order valence-corrected chi connectivity index (χ1v) is 9.25. The van der Waals surface area contributed by atoms with E-state index in [2.05, 4.69) is 22.7 Å². The Morgan fingerprint density at radius 2 is 2.22 bits per heavy atom. The lowest BCUT2D eigenvalue weighted by atomic mass is 10.1. The van der Waals surface area contributed by atoms with E-state index >= 15 is 0 Å². The first-order chi connectivity index (χ1) is 12.6. The maximum Gasteiger partial charge on any atom is 0.191 e. The lowest BCUT2D eigenvalue weighted by molar-refractivity contribution is 0.186. The van der Waals surface area contributed by atoms with Crippen LogP contribution in [0.25, 0.3) is 0 Å². The predicted octanol–water partition coefficient (Wildman–Crippen LogP) is 2.56. The van der Waals surface area contributed by atoms with Crippen LogP contribution in [0.4, 0.5) is 0 Å². The Balaban J connectivity index is 0.00000261. The van der Waals surface area contributed by atoms with Crippen molar-refractivity contribution < 1.29 is 9.15 Å². The Bertz CT molecular complexity index is 721. The van der Waals surface area contributed by atoms with Crippen molar-refractivity contribution in [3.05, 3.63) is 41.1 Å². The average molecular weight is 487 g/mol. The van der Waals surface area contributed by atoms with Crippen LogP contribution >= 0.6 is 24.0 Å². The number of rotatable bonds is 7. The summed E-state index contributed by atoms with van der Waals surface area (Å²) in [7, 11) is 1.97. The molecule has 2 aromatic rings. The molecule has 1 aliphatic heterocycles. The van der Waals surface area contributed by atoms with Gasteiger partial charge in [0.25, 0.3) is 0 Å². The molecule has 0 spiro atoms. The minimum absolute atomic E-state index is 0. The van der Waals surface area contributed by atoms with Crippen LogP contribution < -0.4 is 10.6 Å². The highest BCUT2D eigenvalue weighted by Crippen LogP contribution is 2.13. The number of nitrogens with zero attached hydrogens (tertiary/aromatic N) is 3. The largest absolute Gasteiger partial charge is 0.469 e. The molecule has 1 unspecified atom stereocenters. The first kappa shape index (κ1) is 21.7. The maximum atomic E-state index is 5.46. The molecule has 0 bridgehead atoms. The third kappa shape index (κ3) is 6.24. The van der Waals surface area contributed by atoms with Crippen LogP contribution in [0, 0.1) is 19.8 Å². The number of nitrogens with one attached hydrogen (secondary N) is 2. The van der Waals surface area contributed by atoms with Crippen LogP contribution in [0.5, 0.6) is 0 Å². The molecule has 8 heteroatoms. The summed E-state index contributed by atoms with van der Waals surface area (Å²) in [5.74, 6) is 2.35. The second-order valence-corrected chi connectivity index (χ2v) is 6.80. The van der Waals surface area contributed by atoms with Gasteiger partial charge in [-0.3, -0.25) is 4.68 Å². The molecule has 1 aliphatic rings. The van der Waals surface area contributed by atoms with Gasteiger partial charge in [-0.2, -0.15) is 5.10 Å². The number of hydrogen-bond donors (Lipinski definition) is 2. The molecule has 3 rings (SSSR count). The monoisotopic (exact) mass is 487 g/mol. The van der Waals surface area contributed by atoms with Crippen molar-refractivity contribution in [3.8, 4) is 0 Å². The van der Waals surface area contributed by atoms with Crippen LogP contribution in [0.15, 0.2) is 27.8 Å². The summed E-state index contributed by atoms with van der Waals surface area (Å²) >= 11 is 0. The SMILES string of the molecule is Cc1nn(C)c(C)c1CN=C(NCCc1ccco1)NCC1CCOC1.I. The minimum Gasteiger partial charge on any atom is -0.469 e. The van der Waals surface area contributed by atoms with Crippen molar-refractivity contribution in [3.63, 3.8) is 0 Å². The van der Waals surface area contributed by atoms with Crippen molar-refractivity contribution in [1.82, 2.24) is 20.4 Å². The molecule has 0 saturated carbocycles. The molecular formula is C19H30IN5O2. The highest BCUT2D eigenvalue weighted by Gasteiger charge is 2.16. The first-order valence-electron chi connectivity index (χ1n) is 9.25. The van der Waals surface area contributed by atoms with E-state index in [9.17, 15) is 0 Å².